The minimum atomic E-state index is 0.483. The fourth-order valence-electron chi connectivity index (χ4n) is 2.96. The van der Waals surface area contributed by atoms with Crippen molar-refractivity contribution >= 4 is 0 Å². The van der Waals surface area contributed by atoms with Crippen molar-refractivity contribution in [3.63, 3.8) is 0 Å². The summed E-state index contributed by atoms with van der Waals surface area (Å²) < 4.78 is 5.19. The molecule has 0 amide bonds. The number of rotatable bonds is 3. The van der Waals surface area contributed by atoms with E-state index in [2.05, 4.69) is 10.2 Å². The van der Waals surface area contributed by atoms with Gasteiger partial charge in [0.05, 0.1) is 6.61 Å². The molecular formula is C11H22N2O. The molecule has 1 N–H and O–H groups in total. The van der Waals surface area contributed by atoms with Crippen molar-refractivity contribution in [2.24, 2.45) is 0 Å². The highest BCUT2D eigenvalue weighted by molar-refractivity contribution is 4.99. The van der Waals surface area contributed by atoms with Gasteiger partial charge in [-0.15, -0.1) is 0 Å². The maximum Gasteiger partial charge on any atom is 0.0589 e. The molecule has 2 fully saturated rings. The van der Waals surface area contributed by atoms with E-state index in [-0.39, 0.29) is 0 Å². The van der Waals surface area contributed by atoms with Crippen LogP contribution < -0.4 is 5.32 Å². The Kier molecular flexibility index (Phi) is 3.42. The third-order valence-electron chi connectivity index (χ3n) is 3.78. The standard InChI is InChI=1S/C11H22N2O/c1-14-9-8-13-7-6-12-10-11(13)4-2-3-5-11/h12H,2-10H2,1H3. The van der Waals surface area contributed by atoms with Gasteiger partial charge in [-0.05, 0) is 12.8 Å². The number of nitrogens with one attached hydrogen (secondary N) is 1. The number of methoxy groups -OCH3 is 1. The second-order valence-corrected chi connectivity index (χ2v) is 4.59. The fraction of sp³-hybridized carbons (Fsp3) is 1.00. The fourth-order valence-corrected chi connectivity index (χ4v) is 2.96. The van der Waals surface area contributed by atoms with Gasteiger partial charge in [0.1, 0.15) is 0 Å². The van der Waals surface area contributed by atoms with Crippen LogP contribution >= 0.6 is 0 Å². The van der Waals surface area contributed by atoms with Crippen molar-refractivity contribution in [1.29, 1.82) is 0 Å². The average molecular weight is 198 g/mol. The minimum absolute atomic E-state index is 0.483. The maximum absolute atomic E-state index is 5.19. The van der Waals surface area contributed by atoms with Crippen molar-refractivity contribution in [2.75, 3.05) is 39.9 Å². The van der Waals surface area contributed by atoms with E-state index in [4.69, 9.17) is 4.74 Å². The summed E-state index contributed by atoms with van der Waals surface area (Å²) in [5, 5.41) is 3.54. The average Bonchev–Trinajstić information content (AvgIpc) is 2.66. The van der Waals surface area contributed by atoms with Crippen LogP contribution in [0.25, 0.3) is 0 Å². The molecule has 1 aliphatic carbocycles. The van der Waals surface area contributed by atoms with Crippen molar-refractivity contribution in [1.82, 2.24) is 10.2 Å². The van der Waals surface area contributed by atoms with Gasteiger partial charge in [0.2, 0.25) is 0 Å². The van der Waals surface area contributed by atoms with E-state index >= 15 is 0 Å². The van der Waals surface area contributed by atoms with Gasteiger partial charge in [0.15, 0.2) is 0 Å². The zero-order valence-corrected chi connectivity index (χ0v) is 9.22. The van der Waals surface area contributed by atoms with E-state index < -0.39 is 0 Å². The third-order valence-corrected chi connectivity index (χ3v) is 3.78. The highest BCUT2D eigenvalue weighted by atomic mass is 16.5. The molecule has 3 nitrogen and oxygen atoms in total. The molecule has 0 aromatic rings. The molecule has 1 saturated heterocycles. The first-order valence-corrected chi connectivity index (χ1v) is 5.82. The van der Waals surface area contributed by atoms with Crippen LogP contribution in [0.15, 0.2) is 0 Å². The first-order chi connectivity index (χ1) is 6.87. The first-order valence-electron chi connectivity index (χ1n) is 5.82. The maximum atomic E-state index is 5.19. The first kappa shape index (κ1) is 10.4. The number of ether oxygens (including phenoxy) is 1. The van der Waals surface area contributed by atoms with Gasteiger partial charge in [-0.1, -0.05) is 12.8 Å². The molecule has 0 bridgehead atoms. The largest absolute Gasteiger partial charge is 0.383 e. The van der Waals surface area contributed by atoms with Crippen LogP contribution in [0.4, 0.5) is 0 Å². The third kappa shape index (κ3) is 1.95. The van der Waals surface area contributed by atoms with Crippen molar-refractivity contribution < 1.29 is 4.74 Å². The van der Waals surface area contributed by atoms with Crippen molar-refractivity contribution in [2.45, 2.75) is 31.2 Å². The molecule has 0 aromatic carbocycles. The Morgan fingerprint density at radius 2 is 2.14 bits per heavy atom. The summed E-state index contributed by atoms with van der Waals surface area (Å²) in [6.45, 7) is 5.52. The molecule has 14 heavy (non-hydrogen) atoms. The Morgan fingerprint density at radius 1 is 1.36 bits per heavy atom. The van der Waals surface area contributed by atoms with Crippen LogP contribution in [0.1, 0.15) is 25.7 Å². The Labute approximate surface area is 86.8 Å². The Hall–Kier alpha value is -0.120. The second-order valence-electron chi connectivity index (χ2n) is 4.59. The molecule has 2 rings (SSSR count). The molecule has 1 heterocycles. The van der Waals surface area contributed by atoms with Gasteiger partial charge in [0, 0.05) is 38.8 Å². The van der Waals surface area contributed by atoms with Crippen LogP contribution in [-0.4, -0.2) is 50.3 Å². The van der Waals surface area contributed by atoms with Gasteiger partial charge in [-0.3, -0.25) is 4.90 Å². The molecule has 1 spiro atoms. The van der Waals surface area contributed by atoms with Gasteiger partial charge >= 0.3 is 0 Å². The lowest BCUT2D eigenvalue weighted by molar-refractivity contribution is 0.0388. The molecule has 0 aromatic heterocycles. The summed E-state index contributed by atoms with van der Waals surface area (Å²) in [5.74, 6) is 0. The lowest BCUT2D eigenvalue weighted by Crippen LogP contribution is -2.60. The summed E-state index contributed by atoms with van der Waals surface area (Å²) in [6.07, 6.45) is 5.57. The van der Waals surface area contributed by atoms with Gasteiger partial charge in [-0.25, -0.2) is 0 Å². The van der Waals surface area contributed by atoms with Gasteiger partial charge < -0.3 is 10.1 Å². The predicted molar refractivity (Wildman–Crippen MR) is 57.5 cm³/mol. The lowest BCUT2D eigenvalue weighted by atomic mass is 9.93. The quantitative estimate of drug-likeness (QED) is 0.727. The van der Waals surface area contributed by atoms with Crippen LogP contribution in [-0.2, 0) is 4.74 Å². The van der Waals surface area contributed by atoms with Crippen LogP contribution in [0.5, 0.6) is 0 Å². The van der Waals surface area contributed by atoms with Crippen LogP contribution in [0, 0.1) is 0 Å². The second kappa shape index (κ2) is 4.60. The molecule has 0 atom stereocenters. The summed E-state index contributed by atoms with van der Waals surface area (Å²) >= 11 is 0. The molecule has 1 saturated carbocycles. The lowest BCUT2D eigenvalue weighted by Gasteiger charge is -2.45. The predicted octanol–water partition coefficient (Wildman–Crippen LogP) is 0.851. The summed E-state index contributed by atoms with van der Waals surface area (Å²) in [5.41, 5.74) is 0.483. The summed E-state index contributed by atoms with van der Waals surface area (Å²) in [4.78, 5) is 2.65. The minimum Gasteiger partial charge on any atom is -0.383 e. The molecule has 1 aliphatic heterocycles. The molecule has 3 heteroatoms. The van der Waals surface area contributed by atoms with E-state index in [1.807, 2.05) is 0 Å². The highest BCUT2D eigenvalue weighted by Crippen LogP contribution is 2.35. The number of piperazine rings is 1. The van der Waals surface area contributed by atoms with Crippen LogP contribution in [0.3, 0.4) is 0 Å². The topological polar surface area (TPSA) is 24.5 Å². The summed E-state index contributed by atoms with van der Waals surface area (Å²) in [6, 6.07) is 0. The Balaban J connectivity index is 1.95. The molecule has 0 radical (unpaired) electrons. The monoisotopic (exact) mass is 198 g/mol. The van der Waals surface area contributed by atoms with E-state index in [9.17, 15) is 0 Å². The summed E-state index contributed by atoms with van der Waals surface area (Å²) in [7, 11) is 1.80. The number of nitrogens with zero attached hydrogens (tertiary/aromatic N) is 1. The van der Waals surface area contributed by atoms with E-state index in [1.54, 1.807) is 7.11 Å². The Morgan fingerprint density at radius 3 is 2.86 bits per heavy atom. The Bertz CT molecular complexity index is 178. The zero-order valence-electron chi connectivity index (χ0n) is 9.22. The highest BCUT2D eigenvalue weighted by Gasteiger charge is 2.40. The molecule has 0 unspecified atom stereocenters. The molecule has 82 valence electrons. The van der Waals surface area contributed by atoms with Crippen LogP contribution in [0.2, 0.25) is 0 Å². The van der Waals surface area contributed by atoms with E-state index in [1.165, 1.54) is 38.8 Å². The van der Waals surface area contributed by atoms with Crippen molar-refractivity contribution in [3.8, 4) is 0 Å². The smallest absolute Gasteiger partial charge is 0.0589 e. The molecule has 2 aliphatic rings. The zero-order chi connectivity index (χ0) is 9.86. The van der Waals surface area contributed by atoms with Gasteiger partial charge in [0.25, 0.3) is 0 Å². The SMILES string of the molecule is COCCN1CCNCC12CCCC2. The van der Waals surface area contributed by atoms with E-state index in [0.717, 1.165) is 19.7 Å². The van der Waals surface area contributed by atoms with Crippen molar-refractivity contribution in [3.05, 3.63) is 0 Å². The normalized spacial score (nSPS) is 27.2. The number of hydrogen-bond donors (Lipinski definition) is 1. The number of hydrogen-bond acceptors (Lipinski definition) is 3. The van der Waals surface area contributed by atoms with Gasteiger partial charge in [-0.2, -0.15) is 0 Å². The molecular weight excluding hydrogens is 176 g/mol. The van der Waals surface area contributed by atoms with E-state index in [0.29, 0.717) is 5.54 Å².